The molecule has 1 atom stereocenters. The Kier molecular flexibility index (Phi) is 11.2. The van der Waals surface area contributed by atoms with Crippen molar-refractivity contribution in [2.24, 2.45) is 5.73 Å². The largest absolute Gasteiger partial charge is 0.339 e. The van der Waals surface area contributed by atoms with Crippen LogP contribution in [0.2, 0.25) is 0 Å². The lowest BCUT2D eigenvalue weighted by Gasteiger charge is -2.14. The molecule has 7 heteroatoms. The predicted molar refractivity (Wildman–Crippen MR) is 138 cm³/mol. The van der Waals surface area contributed by atoms with Crippen LogP contribution in [0.5, 0.6) is 0 Å². The molecule has 0 heterocycles. The van der Waals surface area contributed by atoms with Crippen LogP contribution < -0.4 is 21.8 Å². The normalized spacial score (nSPS) is 10.8. The topological polar surface area (TPSA) is 116 Å². The van der Waals surface area contributed by atoms with Crippen LogP contribution in [0.25, 0.3) is 0 Å². The number of hydrogen-bond donors (Lipinski definition) is 5. The van der Waals surface area contributed by atoms with Gasteiger partial charge in [-0.1, -0.05) is 61.7 Å². The fraction of sp³-hybridized carbons (Fsp3) is 0.214. The van der Waals surface area contributed by atoms with Gasteiger partial charge in [-0.25, -0.2) is 5.48 Å². The first kappa shape index (κ1) is 27.3. The maximum absolute atomic E-state index is 12.3. The Morgan fingerprint density at radius 1 is 0.857 bits per heavy atom. The summed E-state index contributed by atoms with van der Waals surface area (Å²) in [6, 6.07) is 24.2. The van der Waals surface area contributed by atoms with Crippen molar-refractivity contribution in [3.8, 4) is 11.8 Å². The van der Waals surface area contributed by atoms with E-state index in [1.807, 2.05) is 18.2 Å². The molecule has 3 aromatic carbocycles. The van der Waals surface area contributed by atoms with E-state index in [2.05, 4.69) is 58.9 Å². The lowest BCUT2D eigenvalue weighted by atomic mass is 10.1. The van der Waals surface area contributed by atoms with Crippen LogP contribution in [-0.4, -0.2) is 36.2 Å². The van der Waals surface area contributed by atoms with E-state index in [4.69, 9.17) is 10.9 Å². The van der Waals surface area contributed by atoms with Gasteiger partial charge in [0, 0.05) is 29.8 Å². The van der Waals surface area contributed by atoms with E-state index in [0.29, 0.717) is 5.56 Å². The molecule has 0 aromatic heterocycles. The lowest BCUT2D eigenvalue weighted by molar-refractivity contribution is -0.130. The molecule has 182 valence electrons. The van der Waals surface area contributed by atoms with Crippen LogP contribution in [0.15, 0.2) is 78.9 Å². The predicted octanol–water partition coefficient (Wildman–Crippen LogP) is 2.62. The van der Waals surface area contributed by atoms with E-state index in [1.54, 1.807) is 24.3 Å². The number of carbonyl (C=O) groups excluding carboxylic acids is 2. The molecule has 0 unspecified atom stereocenters. The molecule has 0 aliphatic heterocycles. The average molecular weight is 473 g/mol. The summed E-state index contributed by atoms with van der Waals surface area (Å²) < 4.78 is 0. The highest BCUT2D eigenvalue weighted by atomic mass is 16.5. The van der Waals surface area contributed by atoms with Crippen LogP contribution >= 0.6 is 0 Å². The second-order valence-corrected chi connectivity index (χ2v) is 7.67. The SMILES string of the molecule is C.NC[C@H](NC(=O)c1ccc(C#Cc2ccc(CNCCc3ccccc3)cc2)cc1)C(=O)NO. The van der Waals surface area contributed by atoms with Crippen molar-refractivity contribution >= 4 is 11.8 Å². The monoisotopic (exact) mass is 472 g/mol. The van der Waals surface area contributed by atoms with E-state index in [-0.39, 0.29) is 14.0 Å². The van der Waals surface area contributed by atoms with E-state index in [1.165, 1.54) is 16.6 Å². The number of nitrogens with one attached hydrogen (secondary N) is 3. The molecule has 3 aromatic rings. The zero-order valence-electron chi connectivity index (χ0n) is 18.8. The molecule has 0 aliphatic rings. The van der Waals surface area contributed by atoms with Gasteiger partial charge in [0.1, 0.15) is 6.04 Å². The fourth-order valence-corrected chi connectivity index (χ4v) is 3.22. The molecule has 0 saturated carbocycles. The van der Waals surface area contributed by atoms with Crippen molar-refractivity contribution in [3.63, 3.8) is 0 Å². The Morgan fingerprint density at radius 2 is 1.46 bits per heavy atom. The summed E-state index contributed by atoms with van der Waals surface area (Å²) in [6.45, 7) is 1.58. The number of carbonyl (C=O) groups is 2. The number of benzene rings is 3. The van der Waals surface area contributed by atoms with Crippen LogP contribution in [0.4, 0.5) is 0 Å². The highest BCUT2D eigenvalue weighted by Crippen LogP contribution is 2.07. The minimum atomic E-state index is -1.01. The molecule has 0 bridgehead atoms. The van der Waals surface area contributed by atoms with Gasteiger partial charge in [0.25, 0.3) is 11.8 Å². The van der Waals surface area contributed by atoms with Gasteiger partial charge >= 0.3 is 0 Å². The van der Waals surface area contributed by atoms with Gasteiger partial charge in [-0.05, 0) is 60.5 Å². The number of hydrogen-bond acceptors (Lipinski definition) is 5. The average Bonchev–Trinajstić information content (AvgIpc) is 2.89. The van der Waals surface area contributed by atoms with E-state index in [9.17, 15) is 9.59 Å². The van der Waals surface area contributed by atoms with Crippen LogP contribution in [0.1, 0.15) is 40.0 Å². The van der Waals surface area contributed by atoms with Gasteiger partial charge < -0.3 is 16.4 Å². The number of rotatable bonds is 9. The van der Waals surface area contributed by atoms with Crippen molar-refractivity contribution in [3.05, 3.63) is 107 Å². The van der Waals surface area contributed by atoms with Gasteiger partial charge in [0.15, 0.2) is 0 Å². The molecule has 35 heavy (non-hydrogen) atoms. The Bertz CT molecular complexity index is 1130. The molecule has 2 amide bonds. The maximum atomic E-state index is 12.3. The van der Waals surface area contributed by atoms with Crippen molar-refractivity contribution < 1.29 is 14.8 Å². The van der Waals surface area contributed by atoms with Crippen molar-refractivity contribution in [2.75, 3.05) is 13.1 Å². The molecule has 0 fully saturated rings. The van der Waals surface area contributed by atoms with Crippen molar-refractivity contribution in [1.82, 2.24) is 16.1 Å². The Hall–Kier alpha value is -3.96. The van der Waals surface area contributed by atoms with Crippen LogP contribution in [-0.2, 0) is 17.8 Å². The third-order valence-corrected chi connectivity index (χ3v) is 5.18. The zero-order valence-corrected chi connectivity index (χ0v) is 18.8. The van der Waals surface area contributed by atoms with Gasteiger partial charge in [-0.3, -0.25) is 14.8 Å². The second-order valence-electron chi connectivity index (χ2n) is 7.67. The van der Waals surface area contributed by atoms with Crippen molar-refractivity contribution in [2.45, 2.75) is 26.4 Å². The van der Waals surface area contributed by atoms with Crippen LogP contribution in [0, 0.1) is 11.8 Å². The number of amides is 2. The quantitative estimate of drug-likeness (QED) is 0.142. The number of hydroxylamine groups is 1. The smallest absolute Gasteiger partial charge is 0.267 e. The minimum Gasteiger partial charge on any atom is -0.339 e. The molecule has 0 radical (unpaired) electrons. The van der Waals surface area contributed by atoms with Gasteiger partial charge in [-0.15, -0.1) is 0 Å². The molecule has 7 nitrogen and oxygen atoms in total. The van der Waals surface area contributed by atoms with Gasteiger partial charge in [0.05, 0.1) is 0 Å². The lowest BCUT2D eigenvalue weighted by Crippen LogP contribution is -2.50. The summed E-state index contributed by atoms with van der Waals surface area (Å²) in [5, 5.41) is 14.6. The molecular weight excluding hydrogens is 440 g/mol. The molecule has 0 aliphatic carbocycles. The molecule has 0 spiro atoms. The summed E-state index contributed by atoms with van der Waals surface area (Å²) in [5.74, 6) is 4.97. The van der Waals surface area contributed by atoms with E-state index in [0.717, 1.165) is 30.6 Å². The van der Waals surface area contributed by atoms with E-state index < -0.39 is 17.9 Å². The first-order valence-corrected chi connectivity index (χ1v) is 11.0. The molecular formula is C28H32N4O3. The molecule has 0 saturated heterocycles. The number of nitrogens with two attached hydrogens (primary N) is 1. The summed E-state index contributed by atoms with van der Waals surface area (Å²) in [6.07, 6.45) is 0.996. The standard InChI is InChI=1S/C27H28N4O3.CH4/c28-18-25(27(33)31-34)30-26(32)24-14-12-22(13-15-24)7-6-21-8-10-23(11-9-21)19-29-17-16-20-4-2-1-3-5-20;/h1-5,8-15,25,29,34H,16-19,28H2,(H,30,32)(H,31,33);1H4/t25-;/m0./s1. The maximum Gasteiger partial charge on any atom is 0.267 e. The summed E-state index contributed by atoms with van der Waals surface area (Å²) >= 11 is 0. The first-order valence-electron chi connectivity index (χ1n) is 11.0. The fourth-order valence-electron chi connectivity index (χ4n) is 3.22. The van der Waals surface area contributed by atoms with Gasteiger partial charge in [0.2, 0.25) is 0 Å². The summed E-state index contributed by atoms with van der Waals surface area (Å²) in [4.78, 5) is 23.7. The van der Waals surface area contributed by atoms with Crippen molar-refractivity contribution in [1.29, 1.82) is 0 Å². The first-order chi connectivity index (χ1) is 16.6. The zero-order chi connectivity index (χ0) is 24.2. The third kappa shape index (κ3) is 8.72. The Morgan fingerprint density at radius 3 is 2.03 bits per heavy atom. The Balaban J connectivity index is 0.00000432. The molecule has 3 rings (SSSR count). The summed E-state index contributed by atoms with van der Waals surface area (Å²) in [7, 11) is 0. The van der Waals surface area contributed by atoms with Gasteiger partial charge in [-0.2, -0.15) is 0 Å². The van der Waals surface area contributed by atoms with Crippen LogP contribution in [0.3, 0.4) is 0 Å². The highest BCUT2D eigenvalue weighted by molar-refractivity contribution is 5.97. The Labute approximate surface area is 206 Å². The second kappa shape index (κ2) is 14.3. The molecule has 6 N–H and O–H groups in total. The summed E-state index contributed by atoms with van der Waals surface area (Å²) in [5.41, 5.74) is 11.5. The third-order valence-electron chi connectivity index (χ3n) is 5.18. The van der Waals surface area contributed by atoms with E-state index >= 15 is 0 Å². The highest BCUT2D eigenvalue weighted by Gasteiger charge is 2.19. The minimum absolute atomic E-state index is 0.